The van der Waals surface area contributed by atoms with Crippen LogP contribution in [0, 0.1) is 0 Å². The molecule has 126 valence electrons. The second-order valence-electron chi connectivity index (χ2n) is 6.76. The van der Waals surface area contributed by atoms with E-state index in [9.17, 15) is 9.59 Å². The molecule has 3 N–H and O–H groups in total. The normalized spacial score (nSPS) is 18.3. The molecule has 23 heavy (non-hydrogen) atoms. The highest BCUT2D eigenvalue weighted by Crippen LogP contribution is 2.14. The van der Waals surface area contributed by atoms with Crippen molar-refractivity contribution >= 4 is 17.5 Å². The summed E-state index contributed by atoms with van der Waals surface area (Å²) in [6, 6.07) is 6.91. The number of hydrogen-bond acceptors (Lipinski definition) is 3. The summed E-state index contributed by atoms with van der Waals surface area (Å²) in [4.78, 5) is 24.4. The molecule has 1 saturated heterocycles. The average Bonchev–Trinajstić information content (AvgIpc) is 2.56. The molecule has 1 heterocycles. The van der Waals surface area contributed by atoms with Crippen LogP contribution in [0.5, 0.6) is 0 Å². The number of nitrogens with one attached hydrogen (secondary N) is 3. The van der Waals surface area contributed by atoms with Gasteiger partial charge in [0.1, 0.15) is 0 Å². The Kier molecular flexibility index (Phi) is 5.77. The summed E-state index contributed by atoms with van der Waals surface area (Å²) >= 11 is 0. The van der Waals surface area contributed by atoms with Gasteiger partial charge in [0.2, 0.25) is 5.91 Å². The maximum atomic E-state index is 12.2. The first kappa shape index (κ1) is 17.5. The Morgan fingerprint density at radius 3 is 2.48 bits per heavy atom. The molecule has 5 nitrogen and oxygen atoms in total. The third-order valence-corrected chi connectivity index (χ3v) is 4.38. The van der Waals surface area contributed by atoms with Gasteiger partial charge in [0.25, 0.3) is 5.91 Å². The molecule has 1 atom stereocenters. The summed E-state index contributed by atoms with van der Waals surface area (Å²) in [5, 5.41) is 9.13. The van der Waals surface area contributed by atoms with Crippen molar-refractivity contribution < 1.29 is 9.59 Å². The SMILES string of the molecule is CCC(C)(C)NC(=O)c1ccc(NC(=O)C2CCCCN2)cc1. The molecule has 0 bridgehead atoms. The number of amides is 2. The van der Waals surface area contributed by atoms with E-state index in [0.717, 1.165) is 32.2 Å². The summed E-state index contributed by atoms with van der Waals surface area (Å²) in [7, 11) is 0. The minimum absolute atomic E-state index is 0.00554. The van der Waals surface area contributed by atoms with Gasteiger partial charge in [-0.2, -0.15) is 0 Å². The van der Waals surface area contributed by atoms with Crippen molar-refractivity contribution in [1.82, 2.24) is 10.6 Å². The van der Waals surface area contributed by atoms with E-state index < -0.39 is 0 Å². The second-order valence-corrected chi connectivity index (χ2v) is 6.76. The van der Waals surface area contributed by atoms with Gasteiger partial charge < -0.3 is 16.0 Å². The highest BCUT2D eigenvalue weighted by Gasteiger charge is 2.21. The Morgan fingerprint density at radius 1 is 1.22 bits per heavy atom. The van der Waals surface area contributed by atoms with E-state index in [1.165, 1.54) is 0 Å². The predicted octanol–water partition coefficient (Wildman–Crippen LogP) is 2.69. The number of rotatable bonds is 5. The first-order chi connectivity index (χ1) is 10.9. The molecule has 1 aliphatic heterocycles. The minimum Gasteiger partial charge on any atom is -0.347 e. The second kappa shape index (κ2) is 7.59. The molecule has 0 aromatic heterocycles. The van der Waals surface area contributed by atoms with Crippen LogP contribution >= 0.6 is 0 Å². The zero-order valence-electron chi connectivity index (χ0n) is 14.2. The number of piperidine rings is 1. The van der Waals surface area contributed by atoms with E-state index in [2.05, 4.69) is 16.0 Å². The molecule has 0 radical (unpaired) electrons. The van der Waals surface area contributed by atoms with Gasteiger partial charge in [0, 0.05) is 16.8 Å². The fourth-order valence-corrected chi connectivity index (χ4v) is 2.48. The zero-order valence-corrected chi connectivity index (χ0v) is 14.2. The van der Waals surface area contributed by atoms with Crippen molar-refractivity contribution in [1.29, 1.82) is 0 Å². The highest BCUT2D eigenvalue weighted by atomic mass is 16.2. The summed E-state index contributed by atoms with van der Waals surface area (Å²) in [6.45, 7) is 6.93. The molecular formula is C18H27N3O2. The molecule has 2 rings (SSSR count). The number of benzene rings is 1. The third kappa shape index (κ3) is 5.06. The smallest absolute Gasteiger partial charge is 0.251 e. The van der Waals surface area contributed by atoms with Crippen LogP contribution < -0.4 is 16.0 Å². The number of carbonyl (C=O) groups is 2. The Labute approximate surface area is 138 Å². The Bertz CT molecular complexity index is 546. The van der Waals surface area contributed by atoms with Crippen LogP contribution in [0.25, 0.3) is 0 Å². The fraction of sp³-hybridized carbons (Fsp3) is 0.556. The summed E-state index contributed by atoms with van der Waals surface area (Å²) in [5.41, 5.74) is 1.09. The monoisotopic (exact) mass is 317 g/mol. The van der Waals surface area contributed by atoms with E-state index in [4.69, 9.17) is 0 Å². The lowest BCUT2D eigenvalue weighted by Crippen LogP contribution is -2.43. The maximum Gasteiger partial charge on any atom is 0.251 e. The predicted molar refractivity (Wildman–Crippen MR) is 92.5 cm³/mol. The van der Waals surface area contributed by atoms with Crippen LogP contribution in [0.3, 0.4) is 0 Å². The topological polar surface area (TPSA) is 70.2 Å². The van der Waals surface area contributed by atoms with Crippen LogP contribution in [-0.4, -0.2) is 29.9 Å². The largest absolute Gasteiger partial charge is 0.347 e. The molecule has 0 saturated carbocycles. The molecule has 1 aliphatic rings. The average molecular weight is 317 g/mol. The number of anilines is 1. The van der Waals surface area contributed by atoms with Crippen molar-refractivity contribution in [2.24, 2.45) is 0 Å². The molecule has 1 aromatic rings. The summed E-state index contributed by atoms with van der Waals surface area (Å²) < 4.78 is 0. The van der Waals surface area contributed by atoms with Gasteiger partial charge in [0.15, 0.2) is 0 Å². The molecule has 1 unspecified atom stereocenters. The Hall–Kier alpha value is -1.88. The van der Waals surface area contributed by atoms with Gasteiger partial charge in [-0.25, -0.2) is 0 Å². The molecule has 1 fully saturated rings. The maximum absolute atomic E-state index is 12.2. The van der Waals surface area contributed by atoms with Crippen LogP contribution in [0.2, 0.25) is 0 Å². The van der Waals surface area contributed by atoms with Crippen LogP contribution in [0.1, 0.15) is 56.8 Å². The van der Waals surface area contributed by atoms with E-state index in [1.54, 1.807) is 24.3 Å². The molecule has 0 aliphatic carbocycles. The summed E-state index contributed by atoms with van der Waals surface area (Å²) in [6.07, 6.45) is 3.94. The lowest BCUT2D eigenvalue weighted by molar-refractivity contribution is -0.118. The van der Waals surface area contributed by atoms with Gasteiger partial charge in [-0.15, -0.1) is 0 Å². The van der Waals surface area contributed by atoms with Gasteiger partial charge >= 0.3 is 0 Å². The van der Waals surface area contributed by atoms with E-state index >= 15 is 0 Å². The van der Waals surface area contributed by atoms with Crippen molar-refractivity contribution in [3.05, 3.63) is 29.8 Å². The van der Waals surface area contributed by atoms with Crippen LogP contribution in [0.15, 0.2) is 24.3 Å². The summed E-state index contributed by atoms with van der Waals surface area (Å²) in [5.74, 6) is -0.0994. The highest BCUT2D eigenvalue weighted by molar-refractivity contribution is 5.97. The third-order valence-electron chi connectivity index (χ3n) is 4.38. The quantitative estimate of drug-likeness (QED) is 0.782. The van der Waals surface area contributed by atoms with Gasteiger partial charge in [0.05, 0.1) is 6.04 Å². The first-order valence-electron chi connectivity index (χ1n) is 8.38. The van der Waals surface area contributed by atoms with Crippen LogP contribution in [-0.2, 0) is 4.79 Å². The first-order valence-corrected chi connectivity index (χ1v) is 8.38. The Balaban J connectivity index is 1.93. The lowest BCUT2D eigenvalue weighted by atomic mass is 10.0. The minimum atomic E-state index is -0.226. The molecule has 0 spiro atoms. The molecular weight excluding hydrogens is 290 g/mol. The van der Waals surface area contributed by atoms with Crippen LogP contribution in [0.4, 0.5) is 5.69 Å². The fourth-order valence-electron chi connectivity index (χ4n) is 2.48. The van der Waals surface area contributed by atoms with E-state index in [-0.39, 0.29) is 23.4 Å². The van der Waals surface area contributed by atoms with Gasteiger partial charge in [-0.3, -0.25) is 9.59 Å². The number of hydrogen-bond donors (Lipinski definition) is 3. The van der Waals surface area contributed by atoms with E-state index in [0.29, 0.717) is 11.3 Å². The van der Waals surface area contributed by atoms with Crippen molar-refractivity contribution in [3.63, 3.8) is 0 Å². The van der Waals surface area contributed by atoms with Gasteiger partial charge in [-0.1, -0.05) is 13.3 Å². The van der Waals surface area contributed by atoms with E-state index in [1.807, 2.05) is 20.8 Å². The van der Waals surface area contributed by atoms with Crippen molar-refractivity contribution in [3.8, 4) is 0 Å². The lowest BCUT2D eigenvalue weighted by Gasteiger charge is -2.24. The van der Waals surface area contributed by atoms with Crippen molar-refractivity contribution in [2.75, 3.05) is 11.9 Å². The molecule has 5 heteroatoms. The molecule has 2 amide bonds. The standard InChI is InChI=1S/C18H27N3O2/c1-4-18(2,3)21-16(22)13-8-10-14(11-9-13)20-17(23)15-7-5-6-12-19-15/h8-11,15,19H,4-7,12H2,1-3H3,(H,20,23)(H,21,22). The Morgan fingerprint density at radius 2 is 1.91 bits per heavy atom. The number of carbonyl (C=O) groups excluding carboxylic acids is 2. The van der Waals surface area contributed by atoms with Crippen molar-refractivity contribution in [2.45, 2.75) is 58.0 Å². The van der Waals surface area contributed by atoms with Gasteiger partial charge in [-0.05, 0) is 63.9 Å². The zero-order chi connectivity index (χ0) is 16.9. The molecule has 1 aromatic carbocycles.